The molecule has 0 aliphatic heterocycles. The molecule has 0 atom stereocenters. The van der Waals surface area contributed by atoms with Crippen molar-refractivity contribution in [3.05, 3.63) is 0 Å². The van der Waals surface area contributed by atoms with Gasteiger partial charge < -0.3 is 29.4 Å². The zero-order valence-corrected chi connectivity index (χ0v) is 18.0. The largest absolute Gasteiger partial charge is 1.00 e. The second kappa shape index (κ2) is 12.0. The summed E-state index contributed by atoms with van der Waals surface area (Å²) in [7, 11) is -5.36. The summed E-state index contributed by atoms with van der Waals surface area (Å²) in [4.78, 5) is 48.5. The van der Waals surface area contributed by atoms with E-state index in [1.54, 1.807) is 0 Å². The standard InChI is InChI=1S/C6H9O10P.3Na.3H/c7-3(8)1-6(5(11)12,2-4(9)10)16-17(13,14)15;;;;;;/h1-2H2,(H,7,8)(H,9,10)(H,11,12)(H2,13,14,15);;;;;;/q;3*+1;3*-1. The van der Waals surface area contributed by atoms with Crippen LogP contribution in [0.3, 0.4) is 0 Å². The Morgan fingerprint density at radius 1 is 0.950 bits per heavy atom. The van der Waals surface area contributed by atoms with Gasteiger partial charge in [-0.1, -0.05) is 0 Å². The molecule has 20 heavy (non-hydrogen) atoms. The van der Waals surface area contributed by atoms with Crippen molar-refractivity contribution in [3.63, 3.8) is 0 Å². The molecule has 0 radical (unpaired) electrons. The third-order valence-corrected chi connectivity index (χ3v) is 2.14. The molecule has 10 nitrogen and oxygen atoms in total. The predicted octanol–water partition coefficient (Wildman–Crippen LogP) is -9.78. The summed E-state index contributed by atoms with van der Waals surface area (Å²) in [5.74, 6) is -5.64. The summed E-state index contributed by atoms with van der Waals surface area (Å²) in [6.07, 6.45) is -2.81. The maximum atomic E-state index is 10.8. The van der Waals surface area contributed by atoms with Crippen LogP contribution in [0.4, 0.5) is 0 Å². The van der Waals surface area contributed by atoms with Gasteiger partial charge in [-0.2, -0.15) is 0 Å². The summed E-state index contributed by atoms with van der Waals surface area (Å²) in [6.45, 7) is 0. The van der Waals surface area contributed by atoms with E-state index in [0.29, 0.717) is 0 Å². The van der Waals surface area contributed by atoms with Gasteiger partial charge >= 0.3 is 114 Å². The van der Waals surface area contributed by atoms with E-state index in [0.717, 1.165) is 0 Å². The molecule has 0 amide bonds. The molecule has 0 rings (SSSR count). The van der Waals surface area contributed by atoms with E-state index >= 15 is 0 Å². The Bertz CT molecular complexity index is 389. The minimum Gasteiger partial charge on any atom is -1.00 e. The van der Waals surface area contributed by atoms with Crippen LogP contribution in [-0.2, 0) is 23.5 Å². The molecule has 0 saturated heterocycles. The maximum Gasteiger partial charge on any atom is 1.00 e. The monoisotopic (exact) mass is 344 g/mol. The van der Waals surface area contributed by atoms with Crippen LogP contribution in [0, 0.1) is 0 Å². The van der Waals surface area contributed by atoms with Gasteiger partial charge in [0.05, 0.1) is 12.8 Å². The fraction of sp³-hybridized carbons (Fsp3) is 0.500. The van der Waals surface area contributed by atoms with Crippen molar-refractivity contribution in [2.45, 2.75) is 18.4 Å². The van der Waals surface area contributed by atoms with Crippen LogP contribution in [0.15, 0.2) is 0 Å². The van der Waals surface area contributed by atoms with Gasteiger partial charge in [0.1, 0.15) is 0 Å². The van der Waals surface area contributed by atoms with Crippen LogP contribution >= 0.6 is 7.82 Å². The smallest absolute Gasteiger partial charge is 1.00 e. The van der Waals surface area contributed by atoms with E-state index in [4.69, 9.17) is 25.1 Å². The third kappa shape index (κ3) is 12.1. The molecule has 0 spiro atoms. The van der Waals surface area contributed by atoms with E-state index in [1.807, 2.05) is 0 Å². The summed E-state index contributed by atoms with van der Waals surface area (Å²) in [5.41, 5.74) is -3.02. The number of carboxylic acid groups (broad SMARTS) is 3. The molecule has 0 heterocycles. The molecule has 0 unspecified atom stereocenters. The molecule has 5 N–H and O–H groups in total. The summed E-state index contributed by atoms with van der Waals surface area (Å²) >= 11 is 0. The number of hydrogen-bond donors (Lipinski definition) is 5. The Hall–Kier alpha value is 1.52. The molecule has 104 valence electrons. The van der Waals surface area contributed by atoms with E-state index in [1.165, 1.54) is 0 Å². The zero-order chi connectivity index (χ0) is 13.9. The molecule has 14 heteroatoms. The van der Waals surface area contributed by atoms with Crippen molar-refractivity contribution in [1.29, 1.82) is 0 Å². The Kier molecular flexibility index (Phi) is 17.7. The van der Waals surface area contributed by atoms with Crippen LogP contribution in [0.1, 0.15) is 17.1 Å². The molecular formula is C6H12Na3O10P. The van der Waals surface area contributed by atoms with Gasteiger partial charge in [-0.3, -0.25) is 14.1 Å². The van der Waals surface area contributed by atoms with Crippen molar-refractivity contribution in [1.82, 2.24) is 0 Å². The zero-order valence-electron chi connectivity index (χ0n) is 14.1. The molecule has 0 bridgehead atoms. The first-order valence-electron chi connectivity index (χ1n) is 3.92. The van der Waals surface area contributed by atoms with Crippen molar-refractivity contribution < 1.29 is 142 Å². The third-order valence-electron chi connectivity index (χ3n) is 1.56. The van der Waals surface area contributed by atoms with Crippen LogP contribution in [0.2, 0.25) is 0 Å². The van der Waals surface area contributed by atoms with Crippen molar-refractivity contribution in [3.8, 4) is 0 Å². The maximum absolute atomic E-state index is 10.8. The minimum atomic E-state index is -5.36. The fourth-order valence-electron chi connectivity index (χ4n) is 1.03. The average Bonchev–Trinajstić information content (AvgIpc) is 1.96. The van der Waals surface area contributed by atoms with E-state index in [2.05, 4.69) is 4.52 Å². The van der Waals surface area contributed by atoms with Gasteiger partial charge in [0, 0.05) is 0 Å². The summed E-state index contributed by atoms with van der Waals surface area (Å²) < 4.78 is 14.4. The number of carbonyl (C=O) groups is 3. The number of carboxylic acids is 3. The van der Waals surface area contributed by atoms with Gasteiger partial charge in [0.15, 0.2) is 5.60 Å². The molecule has 0 aromatic rings. The Morgan fingerprint density at radius 3 is 1.40 bits per heavy atom. The van der Waals surface area contributed by atoms with Gasteiger partial charge in [-0.25, -0.2) is 9.36 Å². The van der Waals surface area contributed by atoms with Crippen LogP contribution in [0.25, 0.3) is 0 Å². The quantitative estimate of drug-likeness (QED) is 0.220. The molecule has 0 aliphatic carbocycles. The molecule has 0 saturated carbocycles. The predicted molar refractivity (Wildman–Crippen MR) is 51.3 cm³/mol. The second-order valence-corrected chi connectivity index (χ2v) is 4.19. The molecule has 0 aliphatic rings. The average molecular weight is 344 g/mol. The Balaban J connectivity index is -0.0000000853. The van der Waals surface area contributed by atoms with Gasteiger partial charge in [-0.05, 0) is 0 Å². The van der Waals surface area contributed by atoms with Crippen molar-refractivity contribution in [2.75, 3.05) is 0 Å². The van der Waals surface area contributed by atoms with E-state index in [9.17, 15) is 18.9 Å². The molecule has 0 aromatic heterocycles. The first-order chi connectivity index (χ1) is 7.48. The second-order valence-electron chi connectivity index (χ2n) is 3.02. The number of aliphatic carboxylic acids is 3. The molecular weight excluding hydrogens is 332 g/mol. The number of rotatable bonds is 7. The number of phosphoric ester groups is 1. The minimum absolute atomic E-state index is 0. The fourth-order valence-corrected chi connectivity index (χ4v) is 1.70. The first-order valence-corrected chi connectivity index (χ1v) is 5.45. The SMILES string of the molecule is O=C(O)CC(CC(=O)O)(OP(=O)(O)O)C(=O)O.[H-].[H-].[H-].[Na+].[Na+].[Na+]. The first kappa shape index (κ1) is 29.5. The number of phosphoric acid groups is 1. The van der Waals surface area contributed by atoms with Gasteiger partial charge in [-0.15, -0.1) is 0 Å². The van der Waals surface area contributed by atoms with Crippen molar-refractivity contribution >= 4 is 25.7 Å². The van der Waals surface area contributed by atoms with Crippen LogP contribution in [-0.4, -0.2) is 48.6 Å². The van der Waals surface area contributed by atoms with Crippen molar-refractivity contribution in [2.24, 2.45) is 0 Å². The van der Waals surface area contributed by atoms with Crippen LogP contribution in [0.5, 0.6) is 0 Å². The Labute approximate surface area is 183 Å². The number of hydrogen-bond acceptors (Lipinski definition) is 5. The van der Waals surface area contributed by atoms with E-state index < -0.39 is 44.2 Å². The topological polar surface area (TPSA) is 179 Å². The molecule has 0 fully saturated rings. The van der Waals surface area contributed by atoms with Gasteiger partial charge in [0.2, 0.25) is 0 Å². The van der Waals surface area contributed by atoms with E-state index in [-0.39, 0.29) is 93.0 Å². The summed E-state index contributed by atoms with van der Waals surface area (Å²) in [5, 5.41) is 25.5. The normalized spacial score (nSPS) is 10.3. The van der Waals surface area contributed by atoms with Crippen LogP contribution < -0.4 is 88.7 Å². The molecule has 0 aromatic carbocycles. The summed E-state index contributed by atoms with van der Waals surface area (Å²) in [6, 6.07) is 0. The van der Waals surface area contributed by atoms with Gasteiger partial charge in [0.25, 0.3) is 0 Å². The Morgan fingerprint density at radius 2 is 1.25 bits per heavy atom.